The molecule has 0 aromatic carbocycles. The van der Waals surface area contributed by atoms with Gasteiger partial charge in [0, 0.05) is 11.5 Å². The normalized spacial score (nSPS) is 40.1. The number of aliphatic carboxylic acids is 1. The van der Waals surface area contributed by atoms with Gasteiger partial charge in [-0.1, -0.05) is 25.7 Å². The monoisotopic (exact) mass is 250 g/mol. The molecule has 0 radical (unpaired) electrons. The van der Waals surface area contributed by atoms with E-state index in [-0.39, 0.29) is 16.9 Å². The van der Waals surface area contributed by atoms with Crippen LogP contribution in [-0.2, 0) is 4.79 Å². The molecule has 3 nitrogen and oxygen atoms in total. The second-order valence-electron chi connectivity index (χ2n) is 6.16. The molecule has 0 aromatic rings. The highest BCUT2D eigenvalue weighted by atomic mass is 16.4. The summed E-state index contributed by atoms with van der Waals surface area (Å²) in [5, 5.41) is 19.3. The lowest BCUT2D eigenvalue weighted by Gasteiger charge is -2.50. The highest BCUT2D eigenvalue weighted by Gasteiger charge is 2.47. The van der Waals surface area contributed by atoms with Gasteiger partial charge >= 0.3 is 5.97 Å². The highest BCUT2D eigenvalue weighted by Crippen LogP contribution is 2.54. The minimum absolute atomic E-state index is 0.0873. The van der Waals surface area contributed by atoms with E-state index in [0.717, 1.165) is 19.3 Å². The van der Waals surface area contributed by atoms with Crippen LogP contribution < -0.4 is 0 Å². The maximum absolute atomic E-state index is 11.0. The molecule has 4 atom stereocenters. The van der Waals surface area contributed by atoms with Gasteiger partial charge in [-0.3, -0.25) is 0 Å². The van der Waals surface area contributed by atoms with Crippen molar-refractivity contribution < 1.29 is 15.0 Å². The molecule has 2 aliphatic carbocycles. The first-order valence-electron chi connectivity index (χ1n) is 6.63. The number of carbonyl (C=O) groups is 1. The van der Waals surface area contributed by atoms with E-state index in [1.807, 2.05) is 0 Å². The second-order valence-corrected chi connectivity index (χ2v) is 6.16. The van der Waals surface area contributed by atoms with E-state index in [4.69, 9.17) is 5.11 Å². The molecular weight excluding hydrogens is 228 g/mol. The van der Waals surface area contributed by atoms with E-state index < -0.39 is 12.1 Å². The van der Waals surface area contributed by atoms with Crippen LogP contribution in [0.5, 0.6) is 0 Å². The van der Waals surface area contributed by atoms with E-state index in [0.29, 0.717) is 18.8 Å². The predicted molar refractivity (Wildman–Crippen MR) is 70.1 cm³/mol. The molecule has 2 saturated carbocycles. The maximum Gasteiger partial charge on any atom is 0.331 e. The van der Waals surface area contributed by atoms with Crippen LogP contribution >= 0.6 is 0 Å². The summed E-state index contributed by atoms with van der Waals surface area (Å²) in [5.41, 5.74) is 1.45. The quantitative estimate of drug-likeness (QED) is 0.585. The Bertz CT molecular complexity index is 399. The number of aliphatic hydroxyl groups excluding tert-OH is 1. The molecule has 0 amide bonds. The van der Waals surface area contributed by atoms with Gasteiger partial charge in [0.05, 0.1) is 6.10 Å². The summed E-state index contributed by atoms with van der Waals surface area (Å²) in [6, 6.07) is 0. The SMILES string of the molecule is C=C(C(=O)O)[C@H]1C[C@H]2C(=C)CCC[C@]2(C)C[C@H]1O. The number of rotatable bonds is 2. The summed E-state index contributed by atoms with van der Waals surface area (Å²) >= 11 is 0. The van der Waals surface area contributed by atoms with Crippen molar-refractivity contribution in [2.24, 2.45) is 17.3 Å². The van der Waals surface area contributed by atoms with E-state index in [9.17, 15) is 9.90 Å². The molecule has 2 N–H and O–H groups in total. The first-order chi connectivity index (χ1) is 8.35. The van der Waals surface area contributed by atoms with Crippen molar-refractivity contribution in [2.75, 3.05) is 0 Å². The van der Waals surface area contributed by atoms with Crippen LogP contribution in [0.2, 0.25) is 0 Å². The van der Waals surface area contributed by atoms with Gasteiger partial charge in [0.2, 0.25) is 0 Å². The highest BCUT2D eigenvalue weighted by molar-refractivity contribution is 5.86. The molecule has 0 spiro atoms. The lowest BCUT2D eigenvalue weighted by molar-refractivity contribution is -0.134. The van der Waals surface area contributed by atoms with E-state index in [2.05, 4.69) is 20.1 Å². The summed E-state index contributed by atoms with van der Waals surface area (Å²) in [6.07, 6.45) is 4.02. The first kappa shape index (κ1) is 13.3. The summed E-state index contributed by atoms with van der Waals surface area (Å²) < 4.78 is 0. The summed E-state index contributed by atoms with van der Waals surface area (Å²) in [6.45, 7) is 9.97. The minimum Gasteiger partial charge on any atom is -0.478 e. The zero-order valence-electron chi connectivity index (χ0n) is 11.0. The molecule has 0 saturated heterocycles. The van der Waals surface area contributed by atoms with Crippen LogP contribution in [0, 0.1) is 17.3 Å². The van der Waals surface area contributed by atoms with Crippen molar-refractivity contribution in [1.82, 2.24) is 0 Å². The summed E-state index contributed by atoms with van der Waals surface area (Å²) in [5.74, 6) is -0.991. The third kappa shape index (κ3) is 2.12. The van der Waals surface area contributed by atoms with Gasteiger partial charge in [0.15, 0.2) is 0 Å². The lowest BCUT2D eigenvalue weighted by atomic mass is 9.55. The fraction of sp³-hybridized carbons (Fsp3) is 0.667. The number of carboxylic acid groups (broad SMARTS) is 1. The fourth-order valence-corrected chi connectivity index (χ4v) is 3.82. The largest absolute Gasteiger partial charge is 0.478 e. The van der Waals surface area contributed by atoms with E-state index in [1.165, 1.54) is 5.57 Å². The van der Waals surface area contributed by atoms with Gasteiger partial charge in [-0.15, -0.1) is 0 Å². The Morgan fingerprint density at radius 1 is 1.50 bits per heavy atom. The van der Waals surface area contributed by atoms with Crippen LogP contribution in [0.1, 0.15) is 39.0 Å². The molecular formula is C15H22O3. The van der Waals surface area contributed by atoms with Gasteiger partial charge in [-0.25, -0.2) is 4.79 Å². The van der Waals surface area contributed by atoms with Crippen LogP contribution in [0.4, 0.5) is 0 Å². The Balaban J connectivity index is 2.23. The molecule has 0 heterocycles. The Morgan fingerprint density at radius 2 is 2.17 bits per heavy atom. The van der Waals surface area contributed by atoms with E-state index in [1.54, 1.807) is 0 Å². The molecule has 100 valence electrons. The molecule has 2 fully saturated rings. The first-order valence-corrected chi connectivity index (χ1v) is 6.63. The Labute approximate surface area is 108 Å². The number of allylic oxidation sites excluding steroid dienone is 1. The van der Waals surface area contributed by atoms with Crippen LogP contribution in [0.25, 0.3) is 0 Å². The smallest absolute Gasteiger partial charge is 0.331 e. The van der Waals surface area contributed by atoms with Crippen LogP contribution in [0.15, 0.2) is 24.3 Å². The number of carboxylic acids is 1. The minimum atomic E-state index is -0.996. The molecule has 2 rings (SSSR count). The number of aliphatic hydroxyl groups is 1. The molecule has 0 aromatic heterocycles. The zero-order valence-corrected chi connectivity index (χ0v) is 11.0. The number of hydrogen-bond donors (Lipinski definition) is 2. The number of fused-ring (bicyclic) bond motifs is 1. The van der Waals surface area contributed by atoms with Gasteiger partial charge in [-0.05, 0) is 43.4 Å². The average Bonchev–Trinajstić information content (AvgIpc) is 2.26. The van der Waals surface area contributed by atoms with Gasteiger partial charge in [-0.2, -0.15) is 0 Å². The average molecular weight is 250 g/mol. The topological polar surface area (TPSA) is 57.5 Å². The molecule has 18 heavy (non-hydrogen) atoms. The van der Waals surface area contributed by atoms with Crippen molar-refractivity contribution >= 4 is 5.97 Å². The molecule has 0 bridgehead atoms. The number of hydrogen-bond acceptors (Lipinski definition) is 2. The Morgan fingerprint density at radius 3 is 2.78 bits per heavy atom. The van der Waals surface area contributed by atoms with Crippen molar-refractivity contribution in [3.05, 3.63) is 24.3 Å². The lowest BCUT2D eigenvalue weighted by Crippen LogP contribution is -2.45. The standard InChI is InChI=1S/C15H22O3/c1-9-5-4-6-15(3)8-13(16)11(7-12(9)15)10(2)14(17)18/h11-13,16H,1-2,4-8H2,3H3,(H,17,18)/t11-,12+,13-,15-/m1/s1. The van der Waals surface area contributed by atoms with Crippen molar-refractivity contribution in [3.63, 3.8) is 0 Å². The third-order valence-corrected chi connectivity index (χ3v) is 4.93. The fourth-order valence-electron chi connectivity index (χ4n) is 3.82. The Kier molecular flexibility index (Phi) is 3.37. The zero-order chi connectivity index (χ0) is 13.5. The molecule has 0 unspecified atom stereocenters. The summed E-state index contributed by atoms with van der Waals surface area (Å²) in [4.78, 5) is 11.0. The molecule has 3 heteroatoms. The van der Waals surface area contributed by atoms with Crippen molar-refractivity contribution in [3.8, 4) is 0 Å². The maximum atomic E-state index is 11.0. The third-order valence-electron chi connectivity index (χ3n) is 4.93. The van der Waals surface area contributed by atoms with Gasteiger partial charge < -0.3 is 10.2 Å². The van der Waals surface area contributed by atoms with Gasteiger partial charge in [0.1, 0.15) is 0 Å². The summed E-state index contributed by atoms with van der Waals surface area (Å²) in [7, 11) is 0. The van der Waals surface area contributed by atoms with Crippen LogP contribution in [0.3, 0.4) is 0 Å². The van der Waals surface area contributed by atoms with Crippen LogP contribution in [-0.4, -0.2) is 22.3 Å². The Hall–Kier alpha value is -1.09. The van der Waals surface area contributed by atoms with Gasteiger partial charge in [0.25, 0.3) is 0 Å². The van der Waals surface area contributed by atoms with Crippen molar-refractivity contribution in [1.29, 1.82) is 0 Å². The second kappa shape index (κ2) is 4.54. The molecule has 2 aliphatic rings. The molecule has 0 aliphatic heterocycles. The van der Waals surface area contributed by atoms with E-state index >= 15 is 0 Å². The predicted octanol–water partition coefficient (Wildman–Crippen LogP) is 2.76. The van der Waals surface area contributed by atoms with Crippen molar-refractivity contribution in [2.45, 2.75) is 45.1 Å².